The molecule has 0 saturated carbocycles. The van der Waals surface area contributed by atoms with Crippen LogP contribution in [0.4, 0.5) is 0 Å². The predicted octanol–water partition coefficient (Wildman–Crippen LogP) is 5.24. The third kappa shape index (κ3) is 6.95. The van der Waals surface area contributed by atoms with Gasteiger partial charge in [-0.05, 0) is 23.2 Å². The van der Waals surface area contributed by atoms with Gasteiger partial charge in [0.15, 0.2) is 0 Å². The van der Waals surface area contributed by atoms with E-state index in [4.69, 9.17) is 0 Å². The molecule has 0 N–H and O–H groups in total. The highest BCUT2D eigenvalue weighted by Gasteiger charge is 2.06. The van der Waals surface area contributed by atoms with Crippen molar-refractivity contribution in [1.82, 2.24) is 0 Å². The first kappa shape index (κ1) is 15.6. The number of benzene rings is 1. The summed E-state index contributed by atoms with van der Waals surface area (Å²) in [6.07, 6.45) is 0. The largest absolute Gasteiger partial charge is 0.157 e. The molecule has 1 rings (SSSR count). The maximum absolute atomic E-state index is 2.34. The second-order valence-electron chi connectivity index (χ2n) is 4.22. The standard InChI is InChI=1S/C13H20S.C2H6/c1-11(2)12(3)9-14-10-13-7-5-4-6-8-13;1-2/h4-8,11-12H,9-10H2,1-3H3;1-2H3. The highest BCUT2D eigenvalue weighted by Crippen LogP contribution is 2.19. The van der Waals surface area contributed by atoms with Crippen LogP contribution < -0.4 is 0 Å². The summed E-state index contributed by atoms with van der Waals surface area (Å²) in [6, 6.07) is 10.7. The maximum Gasteiger partial charge on any atom is 0.0184 e. The zero-order chi connectivity index (χ0) is 12.4. The second kappa shape index (κ2) is 9.77. The average molecular weight is 238 g/mol. The van der Waals surface area contributed by atoms with E-state index in [0.29, 0.717) is 0 Å². The lowest BCUT2D eigenvalue weighted by molar-refractivity contribution is 0.464. The van der Waals surface area contributed by atoms with Crippen molar-refractivity contribution in [3.8, 4) is 0 Å². The molecule has 92 valence electrons. The van der Waals surface area contributed by atoms with Crippen molar-refractivity contribution in [3.63, 3.8) is 0 Å². The fraction of sp³-hybridized carbons (Fsp3) is 0.600. The number of thioether (sulfide) groups is 1. The molecule has 0 nitrogen and oxygen atoms in total. The van der Waals surface area contributed by atoms with Crippen molar-refractivity contribution in [2.45, 2.75) is 40.4 Å². The Morgan fingerprint density at radius 1 is 1.00 bits per heavy atom. The third-order valence-electron chi connectivity index (χ3n) is 2.63. The Bertz CT molecular complexity index is 241. The fourth-order valence-electron chi connectivity index (χ4n) is 1.13. The summed E-state index contributed by atoms with van der Waals surface area (Å²) in [6.45, 7) is 10.9. The molecule has 1 aromatic rings. The molecule has 1 heteroatoms. The summed E-state index contributed by atoms with van der Waals surface area (Å²) in [5.41, 5.74) is 1.44. The highest BCUT2D eigenvalue weighted by atomic mass is 32.2. The Morgan fingerprint density at radius 3 is 2.06 bits per heavy atom. The molecular formula is C15H26S. The van der Waals surface area contributed by atoms with Gasteiger partial charge in [0, 0.05) is 5.75 Å². The molecule has 0 radical (unpaired) electrons. The summed E-state index contributed by atoms with van der Waals surface area (Å²) in [5, 5.41) is 0. The summed E-state index contributed by atoms with van der Waals surface area (Å²) in [4.78, 5) is 0. The molecule has 1 aromatic carbocycles. The summed E-state index contributed by atoms with van der Waals surface area (Å²) < 4.78 is 0. The Balaban J connectivity index is 0.00000106. The van der Waals surface area contributed by atoms with Gasteiger partial charge < -0.3 is 0 Å². The van der Waals surface area contributed by atoms with E-state index in [2.05, 4.69) is 51.1 Å². The van der Waals surface area contributed by atoms with E-state index in [1.165, 1.54) is 11.3 Å². The van der Waals surface area contributed by atoms with Gasteiger partial charge in [0.25, 0.3) is 0 Å². The van der Waals surface area contributed by atoms with Crippen LogP contribution >= 0.6 is 11.8 Å². The molecule has 0 amide bonds. The van der Waals surface area contributed by atoms with Gasteiger partial charge in [0.2, 0.25) is 0 Å². The van der Waals surface area contributed by atoms with Crippen LogP contribution in [0, 0.1) is 11.8 Å². The number of hydrogen-bond donors (Lipinski definition) is 0. The molecule has 1 atom stereocenters. The summed E-state index contributed by atoms with van der Waals surface area (Å²) in [7, 11) is 0. The van der Waals surface area contributed by atoms with E-state index in [-0.39, 0.29) is 0 Å². The molecule has 0 aliphatic carbocycles. The third-order valence-corrected chi connectivity index (χ3v) is 3.93. The van der Waals surface area contributed by atoms with Crippen LogP contribution in [0.25, 0.3) is 0 Å². The molecule has 0 aromatic heterocycles. The molecule has 16 heavy (non-hydrogen) atoms. The first-order chi connectivity index (χ1) is 7.70. The first-order valence-corrected chi connectivity index (χ1v) is 7.47. The Hall–Kier alpha value is -0.430. The molecule has 0 bridgehead atoms. The monoisotopic (exact) mass is 238 g/mol. The molecule has 0 spiro atoms. The van der Waals surface area contributed by atoms with E-state index in [0.717, 1.165) is 17.6 Å². The topological polar surface area (TPSA) is 0 Å². The molecule has 0 saturated heterocycles. The minimum Gasteiger partial charge on any atom is -0.157 e. The lowest BCUT2D eigenvalue weighted by Crippen LogP contribution is -2.06. The van der Waals surface area contributed by atoms with E-state index in [1.54, 1.807) is 0 Å². The minimum absolute atomic E-state index is 0.804. The Kier molecular flexibility index (Phi) is 9.51. The zero-order valence-electron chi connectivity index (χ0n) is 11.4. The van der Waals surface area contributed by atoms with E-state index >= 15 is 0 Å². The lowest BCUT2D eigenvalue weighted by Gasteiger charge is -2.14. The zero-order valence-corrected chi connectivity index (χ0v) is 12.2. The maximum atomic E-state index is 2.34. The summed E-state index contributed by atoms with van der Waals surface area (Å²) in [5.74, 6) is 4.05. The van der Waals surface area contributed by atoms with Gasteiger partial charge in [-0.3, -0.25) is 0 Å². The van der Waals surface area contributed by atoms with Crippen LogP contribution in [0.2, 0.25) is 0 Å². The number of rotatable bonds is 5. The van der Waals surface area contributed by atoms with Crippen molar-refractivity contribution in [2.75, 3.05) is 5.75 Å². The molecule has 1 unspecified atom stereocenters. The Labute approximate surface area is 106 Å². The van der Waals surface area contributed by atoms with Crippen molar-refractivity contribution >= 4 is 11.8 Å². The van der Waals surface area contributed by atoms with E-state index < -0.39 is 0 Å². The highest BCUT2D eigenvalue weighted by molar-refractivity contribution is 7.98. The van der Waals surface area contributed by atoms with Gasteiger partial charge in [-0.2, -0.15) is 11.8 Å². The molecule has 0 aliphatic heterocycles. The predicted molar refractivity (Wildman–Crippen MR) is 78.0 cm³/mol. The average Bonchev–Trinajstić information content (AvgIpc) is 2.33. The van der Waals surface area contributed by atoms with Gasteiger partial charge in [0.05, 0.1) is 0 Å². The second-order valence-corrected chi connectivity index (χ2v) is 5.25. The molecular weight excluding hydrogens is 212 g/mol. The molecule has 0 aliphatic rings. The summed E-state index contributed by atoms with van der Waals surface area (Å²) >= 11 is 2.04. The van der Waals surface area contributed by atoms with Crippen molar-refractivity contribution in [3.05, 3.63) is 35.9 Å². The van der Waals surface area contributed by atoms with Crippen molar-refractivity contribution in [2.24, 2.45) is 11.8 Å². The van der Waals surface area contributed by atoms with Crippen LogP contribution in [0.15, 0.2) is 30.3 Å². The SMILES string of the molecule is CC.CC(C)C(C)CSCc1ccccc1. The normalized spacial score (nSPS) is 11.9. The fourth-order valence-corrected chi connectivity index (χ4v) is 2.43. The van der Waals surface area contributed by atoms with Crippen molar-refractivity contribution in [1.29, 1.82) is 0 Å². The lowest BCUT2D eigenvalue weighted by atomic mass is 10.0. The van der Waals surface area contributed by atoms with E-state index in [9.17, 15) is 0 Å². The van der Waals surface area contributed by atoms with Gasteiger partial charge >= 0.3 is 0 Å². The smallest absolute Gasteiger partial charge is 0.0184 e. The van der Waals surface area contributed by atoms with Gasteiger partial charge in [-0.25, -0.2) is 0 Å². The van der Waals surface area contributed by atoms with Crippen LogP contribution in [-0.2, 0) is 5.75 Å². The first-order valence-electron chi connectivity index (χ1n) is 6.32. The van der Waals surface area contributed by atoms with E-state index in [1.807, 2.05) is 25.6 Å². The van der Waals surface area contributed by atoms with Crippen LogP contribution in [0.5, 0.6) is 0 Å². The van der Waals surface area contributed by atoms with Crippen molar-refractivity contribution < 1.29 is 0 Å². The van der Waals surface area contributed by atoms with Gasteiger partial charge in [-0.1, -0.05) is 65.0 Å². The minimum atomic E-state index is 0.804. The van der Waals surface area contributed by atoms with Crippen LogP contribution in [0.3, 0.4) is 0 Å². The molecule has 0 fully saturated rings. The van der Waals surface area contributed by atoms with Crippen LogP contribution in [-0.4, -0.2) is 5.75 Å². The Morgan fingerprint density at radius 2 is 1.56 bits per heavy atom. The molecule has 0 heterocycles. The van der Waals surface area contributed by atoms with Gasteiger partial charge in [0.1, 0.15) is 0 Å². The van der Waals surface area contributed by atoms with Crippen LogP contribution in [0.1, 0.15) is 40.2 Å². The number of hydrogen-bond acceptors (Lipinski definition) is 1. The quantitative estimate of drug-likeness (QED) is 0.676. The van der Waals surface area contributed by atoms with Gasteiger partial charge in [-0.15, -0.1) is 0 Å².